The minimum Gasteiger partial charge on any atom is -0.491 e. The number of nitrogens with zero attached hydrogens (tertiary/aromatic N) is 1. The van der Waals surface area contributed by atoms with Crippen molar-refractivity contribution in [2.24, 2.45) is 0 Å². The van der Waals surface area contributed by atoms with Gasteiger partial charge in [0.05, 0.1) is 17.3 Å². The van der Waals surface area contributed by atoms with E-state index in [2.05, 4.69) is 39.8 Å². The Morgan fingerprint density at radius 1 is 1.00 bits per heavy atom. The summed E-state index contributed by atoms with van der Waals surface area (Å²) in [7, 11) is 0. The Bertz CT molecular complexity index is 1260. The number of hydrogen-bond acceptors (Lipinski definition) is 3. The first-order valence-electron chi connectivity index (χ1n) is 12.2. The number of carbonyl (C=O) groups excluding carboxylic acids is 1. The van der Waals surface area contributed by atoms with Crippen molar-refractivity contribution in [3.63, 3.8) is 0 Å². The zero-order chi connectivity index (χ0) is 23.5. The van der Waals surface area contributed by atoms with Gasteiger partial charge in [-0.25, -0.2) is 0 Å². The topological polar surface area (TPSA) is 67.0 Å². The van der Waals surface area contributed by atoms with E-state index in [4.69, 9.17) is 4.74 Å². The summed E-state index contributed by atoms with van der Waals surface area (Å²) in [6.45, 7) is 4.02. The number of carbonyl (C=O) groups is 1. The van der Waals surface area contributed by atoms with Gasteiger partial charge in [-0.05, 0) is 74.7 Å². The van der Waals surface area contributed by atoms with Crippen molar-refractivity contribution < 1.29 is 9.53 Å². The first-order chi connectivity index (χ1) is 16.6. The second kappa shape index (κ2) is 9.72. The second-order valence-electron chi connectivity index (χ2n) is 9.41. The normalized spacial score (nSPS) is 18.2. The molecule has 0 radical (unpaired) electrons. The molecule has 0 unspecified atom stereocenters. The smallest absolute Gasteiger partial charge is 0.251 e. The summed E-state index contributed by atoms with van der Waals surface area (Å²) in [5.41, 5.74) is 4.70. The van der Waals surface area contributed by atoms with Crippen LogP contribution in [0, 0.1) is 0 Å². The van der Waals surface area contributed by atoms with Gasteiger partial charge in [-0.15, -0.1) is 0 Å². The number of hydrogen-bond donors (Lipinski definition) is 2. The van der Waals surface area contributed by atoms with Crippen LogP contribution < -0.4 is 10.1 Å². The van der Waals surface area contributed by atoms with E-state index in [0.29, 0.717) is 11.5 Å². The van der Waals surface area contributed by atoms with E-state index in [9.17, 15) is 4.79 Å². The fourth-order valence-corrected chi connectivity index (χ4v) is 4.99. The Labute approximate surface area is 200 Å². The highest BCUT2D eigenvalue weighted by molar-refractivity contribution is 6.01. The van der Waals surface area contributed by atoms with Crippen molar-refractivity contribution in [1.29, 1.82) is 0 Å². The number of H-pyrrole nitrogens is 1. The molecule has 1 fully saturated rings. The molecule has 3 aromatic carbocycles. The molecule has 1 heterocycles. The highest BCUT2D eigenvalue weighted by Gasteiger charge is 2.28. The third kappa shape index (κ3) is 4.69. The number of fused-ring (bicyclic) bond motifs is 1. The molecule has 5 heteroatoms. The van der Waals surface area contributed by atoms with Gasteiger partial charge in [0, 0.05) is 28.5 Å². The van der Waals surface area contributed by atoms with Crippen molar-refractivity contribution in [2.75, 3.05) is 0 Å². The molecular formula is C29H31N3O2. The van der Waals surface area contributed by atoms with Crippen LogP contribution in [0.1, 0.15) is 61.4 Å². The summed E-state index contributed by atoms with van der Waals surface area (Å²) in [5.74, 6) is 1.17. The average molecular weight is 454 g/mol. The van der Waals surface area contributed by atoms with E-state index in [1.165, 1.54) is 12.0 Å². The van der Waals surface area contributed by atoms with Crippen LogP contribution in [0.2, 0.25) is 0 Å². The van der Waals surface area contributed by atoms with Crippen molar-refractivity contribution in [1.82, 2.24) is 15.5 Å². The molecule has 0 spiro atoms. The molecule has 5 rings (SSSR count). The SMILES string of the molecule is CC(C)Oc1ccc(-c2n[nH]c3ccc(C(=O)N[C@@H]4CCCC[C@H]4c4ccccc4)cc23)cc1. The van der Waals surface area contributed by atoms with Gasteiger partial charge in [0.1, 0.15) is 5.75 Å². The largest absolute Gasteiger partial charge is 0.491 e. The highest BCUT2D eigenvalue weighted by Crippen LogP contribution is 2.34. The fourth-order valence-electron chi connectivity index (χ4n) is 4.99. The van der Waals surface area contributed by atoms with Gasteiger partial charge in [-0.3, -0.25) is 9.89 Å². The number of aromatic amines is 1. The van der Waals surface area contributed by atoms with E-state index in [1.807, 2.05) is 62.4 Å². The maximum atomic E-state index is 13.3. The minimum absolute atomic E-state index is 0.0254. The first-order valence-corrected chi connectivity index (χ1v) is 12.2. The van der Waals surface area contributed by atoms with E-state index in [1.54, 1.807) is 0 Å². The van der Waals surface area contributed by atoms with Crippen LogP contribution in [0.5, 0.6) is 5.75 Å². The standard InChI is InChI=1S/C29H31N3O2/c1-19(2)34-23-15-12-21(13-16-23)28-25-18-22(14-17-27(25)31-32-28)29(33)30-26-11-7-6-10-24(26)20-8-4-3-5-9-20/h3-5,8-9,12-19,24,26H,6-7,10-11H2,1-2H3,(H,30,33)(H,31,32)/t24-,26+/m0/s1. The number of benzene rings is 3. The molecule has 1 amide bonds. The molecule has 174 valence electrons. The summed E-state index contributed by atoms with van der Waals surface area (Å²) >= 11 is 0. The van der Waals surface area contributed by atoms with Crippen LogP contribution in [0.3, 0.4) is 0 Å². The van der Waals surface area contributed by atoms with Gasteiger partial charge < -0.3 is 10.1 Å². The highest BCUT2D eigenvalue weighted by atomic mass is 16.5. The van der Waals surface area contributed by atoms with Crippen molar-refractivity contribution in [2.45, 2.75) is 57.6 Å². The average Bonchev–Trinajstić information content (AvgIpc) is 3.28. The molecule has 34 heavy (non-hydrogen) atoms. The van der Waals surface area contributed by atoms with Crippen LogP contribution in [0.15, 0.2) is 72.8 Å². The van der Waals surface area contributed by atoms with Gasteiger partial charge in [0.2, 0.25) is 0 Å². The Hall–Kier alpha value is -3.60. The predicted molar refractivity (Wildman–Crippen MR) is 136 cm³/mol. The van der Waals surface area contributed by atoms with Crippen LogP contribution >= 0.6 is 0 Å². The summed E-state index contributed by atoms with van der Waals surface area (Å²) in [6.07, 6.45) is 4.60. The minimum atomic E-state index is -0.0254. The van der Waals surface area contributed by atoms with Gasteiger partial charge in [-0.2, -0.15) is 5.10 Å². The molecule has 1 aliphatic rings. The van der Waals surface area contributed by atoms with Crippen molar-refractivity contribution >= 4 is 16.8 Å². The van der Waals surface area contributed by atoms with Crippen molar-refractivity contribution in [3.05, 3.63) is 83.9 Å². The number of nitrogens with one attached hydrogen (secondary N) is 2. The van der Waals surface area contributed by atoms with E-state index >= 15 is 0 Å². The molecule has 0 bridgehead atoms. The lowest BCUT2D eigenvalue weighted by atomic mass is 9.80. The van der Waals surface area contributed by atoms with Crippen LogP contribution in [0.25, 0.3) is 22.2 Å². The van der Waals surface area contributed by atoms with Gasteiger partial charge in [0.15, 0.2) is 0 Å². The van der Waals surface area contributed by atoms with E-state index in [-0.39, 0.29) is 18.1 Å². The maximum Gasteiger partial charge on any atom is 0.251 e. The maximum absolute atomic E-state index is 13.3. The zero-order valence-electron chi connectivity index (χ0n) is 19.8. The molecule has 2 N–H and O–H groups in total. The molecule has 4 aromatic rings. The summed E-state index contributed by atoms with van der Waals surface area (Å²) in [4.78, 5) is 13.3. The molecule has 2 atom stereocenters. The first kappa shape index (κ1) is 22.2. The number of aromatic nitrogens is 2. The predicted octanol–water partition coefficient (Wildman–Crippen LogP) is 6.47. The quantitative estimate of drug-likeness (QED) is 0.351. The summed E-state index contributed by atoms with van der Waals surface area (Å²) < 4.78 is 5.76. The Morgan fingerprint density at radius 3 is 2.53 bits per heavy atom. The Morgan fingerprint density at radius 2 is 1.76 bits per heavy atom. The fraction of sp³-hybridized carbons (Fsp3) is 0.310. The van der Waals surface area contributed by atoms with Crippen LogP contribution in [0.4, 0.5) is 0 Å². The lowest BCUT2D eigenvalue weighted by molar-refractivity contribution is 0.0921. The third-order valence-electron chi connectivity index (χ3n) is 6.63. The Kier molecular flexibility index (Phi) is 6.35. The lowest BCUT2D eigenvalue weighted by Crippen LogP contribution is -2.41. The van der Waals surface area contributed by atoms with Crippen LogP contribution in [-0.2, 0) is 0 Å². The molecule has 1 aliphatic carbocycles. The molecule has 5 nitrogen and oxygen atoms in total. The monoisotopic (exact) mass is 453 g/mol. The molecule has 1 saturated carbocycles. The molecule has 1 aromatic heterocycles. The molecule has 0 aliphatic heterocycles. The summed E-state index contributed by atoms with van der Waals surface area (Å²) in [5, 5.41) is 11.9. The van der Waals surface area contributed by atoms with Gasteiger partial charge in [0.25, 0.3) is 5.91 Å². The number of ether oxygens (including phenoxy) is 1. The van der Waals surface area contributed by atoms with Crippen LogP contribution in [-0.4, -0.2) is 28.3 Å². The van der Waals surface area contributed by atoms with Crippen molar-refractivity contribution in [3.8, 4) is 17.0 Å². The van der Waals surface area contributed by atoms with E-state index < -0.39 is 0 Å². The van der Waals surface area contributed by atoms with Gasteiger partial charge in [-0.1, -0.05) is 43.2 Å². The second-order valence-corrected chi connectivity index (χ2v) is 9.41. The third-order valence-corrected chi connectivity index (χ3v) is 6.63. The number of amides is 1. The molecule has 0 saturated heterocycles. The Balaban J connectivity index is 1.38. The number of rotatable bonds is 6. The summed E-state index contributed by atoms with van der Waals surface area (Å²) in [6, 6.07) is 24.4. The molecular weight excluding hydrogens is 422 g/mol. The lowest BCUT2D eigenvalue weighted by Gasteiger charge is -2.32. The zero-order valence-corrected chi connectivity index (χ0v) is 19.8. The van der Waals surface area contributed by atoms with E-state index in [0.717, 1.165) is 47.2 Å². The van der Waals surface area contributed by atoms with Gasteiger partial charge >= 0.3 is 0 Å².